The van der Waals surface area contributed by atoms with Crippen molar-refractivity contribution >= 4 is 17.2 Å². The Morgan fingerprint density at radius 1 is 1.39 bits per heavy atom. The molecule has 0 aromatic carbocycles. The Morgan fingerprint density at radius 3 is 2.96 bits per heavy atom. The Bertz CT molecular complexity index is 723. The summed E-state index contributed by atoms with van der Waals surface area (Å²) in [6, 6.07) is 4.33. The average Bonchev–Trinajstić information content (AvgIpc) is 3.04. The fraction of sp³-hybridized carbons (Fsp3) is 0.588. The van der Waals surface area contributed by atoms with Crippen molar-refractivity contribution in [2.75, 3.05) is 13.1 Å². The number of aromatic nitrogens is 2. The van der Waals surface area contributed by atoms with E-state index >= 15 is 0 Å². The van der Waals surface area contributed by atoms with Gasteiger partial charge in [0.05, 0.1) is 0 Å². The van der Waals surface area contributed by atoms with Gasteiger partial charge in [-0.05, 0) is 38.3 Å². The van der Waals surface area contributed by atoms with Crippen LogP contribution in [-0.2, 0) is 4.79 Å². The Morgan fingerprint density at radius 2 is 2.26 bits per heavy atom. The molecule has 1 aliphatic heterocycles. The van der Waals surface area contributed by atoms with Gasteiger partial charge in [0, 0.05) is 47.5 Å². The molecule has 2 aromatic rings. The molecule has 1 saturated heterocycles. The van der Waals surface area contributed by atoms with E-state index in [1.165, 1.54) is 9.75 Å². The van der Waals surface area contributed by atoms with Gasteiger partial charge in [-0.2, -0.15) is 4.98 Å². The van der Waals surface area contributed by atoms with E-state index in [4.69, 9.17) is 4.52 Å². The molecule has 2 fully saturated rings. The highest BCUT2D eigenvalue weighted by Gasteiger charge is 2.47. The summed E-state index contributed by atoms with van der Waals surface area (Å²) >= 11 is 1.82. The topological polar surface area (TPSA) is 59.2 Å². The van der Waals surface area contributed by atoms with E-state index in [9.17, 15) is 4.79 Å². The van der Waals surface area contributed by atoms with E-state index < -0.39 is 0 Å². The minimum Gasteiger partial charge on any atom is -0.342 e. The molecule has 0 bridgehead atoms. The van der Waals surface area contributed by atoms with Crippen molar-refractivity contribution in [3.05, 3.63) is 33.6 Å². The van der Waals surface area contributed by atoms with Gasteiger partial charge in [-0.25, -0.2) is 0 Å². The highest BCUT2D eigenvalue weighted by molar-refractivity contribution is 7.12. The molecule has 0 radical (unpaired) electrons. The van der Waals surface area contributed by atoms with Gasteiger partial charge in [0.2, 0.25) is 11.8 Å². The zero-order valence-corrected chi connectivity index (χ0v) is 14.3. The molecule has 0 N–H and O–H groups in total. The zero-order chi connectivity index (χ0) is 16.0. The van der Waals surface area contributed by atoms with Gasteiger partial charge in [-0.15, -0.1) is 11.3 Å². The first-order valence-corrected chi connectivity index (χ1v) is 9.09. The number of carbonyl (C=O) groups is 1. The number of amides is 1. The number of aryl methyl sites for hydroxylation is 2. The fourth-order valence-electron chi connectivity index (χ4n) is 3.54. The normalized spacial score (nSPS) is 27.2. The molecule has 5 nitrogen and oxygen atoms in total. The summed E-state index contributed by atoms with van der Waals surface area (Å²) in [6.07, 6.45) is 3.04. The van der Waals surface area contributed by atoms with Crippen molar-refractivity contribution in [2.45, 2.75) is 44.9 Å². The number of carbonyl (C=O) groups excluding carboxylic acids is 1. The molecule has 3 atom stereocenters. The van der Waals surface area contributed by atoms with E-state index in [1.807, 2.05) is 16.2 Å². The number of rotatable bonds is 3. The Hall–Kier alpha value is -1.69. The molecular weight excluding hydrogens is 310 g/mol. The number of thiophene rings is 1. The van der Waals surface area contributed by atoms with Crippen LogP contribution in [0.5, 0.6) is 0 Å². The average molecular weight is 331 g/mol. The van der Waals surface area contributed by atoms with E-state index in [-0.39, 0.29) is 11.8 Å². The van der Waals surface area contributed by atoms with Crippen LogP contribution < -0.4 is 0 Å². The number of nitrogens with zero attached hydrogens (tertiary/aromatic N) is 3. The van der Waals surface area contributed by atoms with Crippen LogP contribution in [0.3, 0.4) is 0 Å². The fourth-order valence-corrected chi connectivity index (χ4v) is 4.59. The van der Waals surface area contributed by atoms with E-state index in [2.05, 4.69) is 29.2 Å². The molecule has 1 aliphatic carbocycles. The summed E-state index contributed by atoms with van der Waals surface area (Å²) in [5.41, 5.74) is 0. The standard InChI is InChI=1S/C17H21N3O2S/c1-10-5-6-15(23-10)13-8-14(13)17(21)20-7-3-4-12(9-20)16-18-11(2)22-19-16/h5-6,12-14H,3-4,7-9H2,1-2H3/t12-,13-,14+/m1/s1. The third-order valence-corrected chi connectivity index (χ3v) is 6.01. The molecule has 1 amide bonds. The third kappa shape index (κ3) is 2.92. The molecule has 23 heavy (non-hydrogen) atoms. The van der Waals surface area contributed by atoms with Crippen LogP contribution in [0.1, 0.15) is 52.6 Å². The minimum absolute atomic E-state index is 0.179. The molecule has 2 aromatic heterocycles. The lowest BCUT2D eigenvalue weighted by Crippen LogP contribution is -2.40. The van der Waals surface area contributed by atoms with Gasteiger partial charge in [0.15, 0.2) is 5.82 Å². The van der Waals surface area contributed by atoms with Crippen molar-refractivity contribution in [1.82, 2.24) is 15.0 Å². The van der Waals surface area contributed by atoms with Crippen molar-refractivity contribution in [1.29, 1.82) is 0 Å². The maximum atomic E-state index is 12.8. The quantitative estimate of drug-likeness (QED) is 0.866. The Kier molecular flexibility index (Phi) is 3.71. The molecule has 3 heterocycles. The first kappa shape index (κ1) is 14.9. The molecule has 4 rings (SSSR count). The summed E-state index contributed by atoms with van der Waals surface area (Å²) in [4.78, 5) is 21.8. The summed E-state index contributed by atoms with van der Waals surface area (Å²) in [6.45, 7) is 5.51. The van der Waals surface area contributed by atoms with Gasteiger partial charge in [-0.1, -0.05) is 5.16 Å². The maximum Gasteiger partial charge on any atom is 0.226 e. The van der Waals surface area contributed by atoms with Crippen molar-refractivity contribution < 1.29 is 9.32 Å². The first-order valence-electron chi connectivity index (χ1n) is 8.27. The van der Waals surface area contributed by atoms with Gasteiger partial charge < -0.3 is 9.42 Å². The number of piperidine rings is 1. The lowest BCUT2D eigenvalue weighted by Gasteiger charge is -2.31. The third-order valence-electron chi connectivity index (χ3n) is 4.88. The summed E-state index contributed by atoms with van der Waals surface area (Å²) < 4.78 is 5.09. The lowest BCUT2D eigenvalue weighted by molar-refractivity contribution is -0.133. The van der Waals surface area contributed by atoms with Crippen molar-refractivity contribution in [2.24, 2.45) is 5.92 Å². The predicted molar refractivity (Wildman–Crippen MR) is 87.5 cm³/mol. The molecular formula is C17H21N3O2S. The van der Waals surface area contributed by atoms with Gasteiger partial charge in [0.1, 0.15) is 0 Å². The molecule has 2 aliphatic rings. The van der Waals surface area contributed by atoms with Crippen LogP contribution in [0.4, 0.5) is 0 Å². The summed E-state index contributed by atoms with van der Waals surface area (Å²) in [5, 5.41) is 4.04. The van der Waals surface area contributed by atoms with Gasteiger partial charge in [0.25, 0.3) is 0 Å². The van der Waals surface area contributed by atoms with Crippen LogP contribution in [0.15, 0.2) is 16.7 Å². The summed E-state index contributed by atoms with van der Waals surface area (Å²) in [7, 11) is 0. The number of likely N-dealkylation sites (tertiary alicyclic amines) is 1. The van der Waals surface area contributed by atoms with Gasteiger partial charge >= 0.3 is 0 Å². The van der Waals surface area contributed by atoms with Crippen LogP contribution in [0, 0.1) is 19.8 Å². The monoisotopic (exact) mass is 331 g/mol. The Balaban J connectivity index is 1.41. The molecule has 6 heteroatoms. The SMILES string of the molecule is Cc1nc([C@@H]2CCCN(C(=O)[C@H]3C[C@H]3c3ccc(C)s3)C2)no1. The second-order valence-electron chi connectivity index (χ2n) is 6.69. The molecule has 0 spiro atoms. The highest BCUT2D eigenvalue weighted by Crippen LogP contribution is 2.50. The highest BCUT2D eigenvalue weighted by atomic mass is 32.1. The zero-order valence-electron chi connectivity index (χ0n) is 13.5. The van der Waals surface area contributed by atoms with E-state index in [1.54, 1.807) is 6.92 Å². The number of hydrogen-bond acceptors (Lipinski definition) is 5. The molecule has 0 unspecified atom stereocenters. The molecule has 122 valence electrons. The van der Waals surface area contributed by atoms with Crippen molar-refractivity contribution in [3.8, 4) is 0 Å². The van der Waals surface area contributed by atoms with Crippen LogP contribution in [-0.4, -0.2) is 34.0 Å². The van der Waals surface area contributed by atoms with Crippen LogP contribution in [0.2, 0.25) is 0 Å². The first-order chi connectivity index (χ1) is 11.1. The largest absolute Gasteiger partial charge is 0.342 e. The van der Waals surface area contributed by atoms with Gasteiger partial charge in [-0.3, -0.25) is 4.79 Å². The second kappa shape index (κ2) is 5.74. The second-order valence-corrected chi connectivity index (χ2v) is 8.01. The van der Waals surface area contributed by atoms with E-state index in [0.717, 1.165) is 38.2 Å². The number of hydrogen-bond donors (Lipinski definition) is 0. The summed E-state index contributed by atoms with van der Waals surface area (Å²) in [5.74, 6) is 2.49. The molecule has 1 saturated carbocycles. The van der Waals surface area contributed by atoms with Crippen LogP contribution >= 0.6 is 11.3 Å². The Labute approximate surface area is 139 Å². The van der Waals surface area contributed by atoms with Crippen molar-refractivity contribution in [3.63, 3.8) is 0 Å². The van der Waals surface area contributed by atoms with Crippen LogP contribution in [0.25, 0.3) is 0 Å². The lowest BCUT2D eigenvalue weighted by atomic mass is 9.97. The predicted octanol–water partition coefficient (Wildman–Crippen LogP) is 3.26. The minimum atomic E-state index is 0.179. The van der Waals surface area contributed by atoms with E-state index in [0.29, 0.717) is 17.7 Å². The maximum absolute atomic E-state index is 12.8. The smallest absolute Gasteiger partial charge is 0.226 e.